The van der Waals surface area contributed by atoms with E-state index in [0.29, 0.717) is 6.10 Å². The van der Waals surface area contributed by atoms with Crippen molar-refractivity contribution in [3.8, 4) is 0 Å². The minimum absolute atomic E-state index is 0.302. The smallest absolute Gasteiger partial charge is 0.0979 e. The molecule has 1 unspecified atom stereocenters. The third kappa shape index (κ3) is 7.44. The van der Waals surface area contributed by atoms with Crippen LogP contribution >= 0.6 is 0 Å². The molecular weight excluding hydrogens is 164 g/mol. The van der Waals surface area contributed by atoms with Gasteiger partial charge in [0, 0.05) is 0 Å². The summed E-state index contributed by atoms with van der Waals surface area (Å²) in [7, 11) is 0. The van der Waals surface area contributed by atoms with Crippen molar-refractivity contribution in [3.63, 3.8) is 0 Å². The minimum Gasteiger partial charge on any atom is -0.502 e. The molecular formula is C11H20O2. The highest BCUT2D eigenvalue weighted by atomic mass is 16.5. The first-order valence-corrected chi connectivity index (χ1v) is 4.84. The predicted octanol–water partition coefficient (Wildman–Crippen LogP) is 3.26. The van der Waals surface area contributed by atoms with Crippen LogP contribution in [0.1, 0.15) is 32.6 Å². The van der Waals surface area contributed by atoms with Crippen molar-refractivity contribution in [1.82, 2.24) is 0 Å². The van der Waals surface area contributed by atoms with Crippen molar-refractivity contribution >= 4 is 0 Å². The van der Waals surface area contributed by atoms with Crippen LogP contribution in [0.2, 0.25) is 0 Å². The van der Waals surface area contributed by atoms with E-state index in [2.05, 4.69) is 20.1 Å². The molecule has 2 nitrogen and oxygen atoms in total. The summed E-state index contributed by atoms with van der Waals surface area (Å²) in [5, 5.41) is 0. The molecule has 76 valence electrons. The number of ether oxygens (including phenoxy) is 2. The zero-order chi connectivity index (χ0) is 9.94. The molecule has 0 fully saturated rings. The van der Waals surface area contributed by atoms with Crippen LogP contribution in [-0.4, -0.2) is 12.7 Å². The lowest BCUT2D eigenvalue weighted by atomic mass is 10.1. The second-order valence-corrected chi connectivity index (χ2v) is 2.89. The first kappa shape index (κ1) is 12.1. The van der Waals surface area contributed by atoms with Crippen molar-refractivity contribution in [2.24, 2.45) is 0 Å². The quantitative estimate of drug-likeness (QED) is 0.404. The molecule has 0 amide bonds. The number of rotatable bonds is 9. The van der Waals surface area contributed by atoms with Gasteiger partial charge in [-0.15, -0.1) is 0 Å². The van der Waals surface area contributed by atoms with Crippen molar-refractivity contribution in [2.75, 3.05) is 6.61 Å². The molecule has 1 atom stereocenters. The maximum Gasteiger partial charge on any atom is 0.0979 e. The van der Waals surface area contributed by atoms with Crippen molar-refractivity contribution in [1.29, 1.82) is 0 Å². The normalized spacial score (nSPS) is 11.8. The van der Waals surface area contributed by atoms with Crippen LogP contribution in [0.15, 0.2) is 25.7 Å². The highest BCUT2D eigenvalue weighted by Gasteiger charge is 2.05. The van der Waals surface area contributed by atoms with Crippen LogP contribution in [0, 0.1) is 0 Å². The highest BCUT2D eigenvalue weighted by molar-refractivity contribution is 4.62. The van der Waals surface area contributed by atoms with E-state index in [-0.39, 0.29) is 0 Å². The van der Waals surface area contributed by atoms with E-state index < -0.39 is 0 Å². The molecule has 0 aromatic heterocycles. The maximum absolute atomic E-state index is 5.35. The molecule has 0 N–H and O–H groups in total. The second-order valence-electron chi connectivity index (χ2n) is 2.89. The molecule has 0 spiro atoms. The molecule has 0 bridgehead atoms. The largest absolute Gasteiger partial charge is 0.502 e. The SMILES string of the molecule is C=COCCCC(CCC)OC=C. The van der Waals surface area contributed by atoms with Gasteiger partial charge in [-0.05, 0) is 19.3 Å². The molecule has 13 heavy (non-hydrogen) atoms. The predicted molar refractivity (Wildman–Crippen MR) is 55.4 cm³/mol. The van der Waals surface area contributed by atoms with Crippen LogP contribution in [0.5, 0.6) is 0 Å². The molecule has 0 aromatic rings. The van der Waals surface area contributed by atoms with E-state index >= 15 is 0 Å². The average molecular weight is 184 g/mol. The Bertz CT molecular complexity index is 132. The van der Waals surface area contributed by atoms with Crippen molar-refractivity contribution in [2.45, 2.75) is 38.7 Å². The van der Waals surface area contributed by atoms with Crippen LogP contribution in [0.3, 0.4) is 0 Å². The topological polar surface area (TPSA) is 18.5 Å². The maximum atomic E-state index is 5.35. The lowest BCUT2D eigenvalue weighted by Crippen LogP contribution is -2.10. The van der Waals surface area contributed by atoms with Gasteiger partial charge >= 0.3 is 0 Å². The molecule has 0 saturated heterocycles. The van der Waals surface area contributed by atoms with E-state index in [1.165, 1.54) is 12.5 Å². The summed E-state index contributed by atoms with van der Waals surface area (Å²) < 4.78 is 10.4. The van der Waals surface area contributed by atoms with E-state index in [4.69, 9.17) is 9.47 Å². The summed E-state index contributed by atoms with van der Waals surface area (Å²) in [5.74, 6) is 0. The Morgan fingerprint density at radius 2 is 2.00 bits per heavy atom. The molecule has 0 aliphatic rings. The summed E-state index contributed by atoms with van der Waals surface area (Å²) in [4.78, 5) is 0. The highest BCUT2D eigenvalue weighted by Crippen LogP contribution is 2.09. The molecule has 0 aromatic carbocycles. The van der Waals surface area contributed by atoms with Gasteiger partial charge in [0.25, 0.3) is 0 Å². The van der Waals surface area contributed by atoms with Gasteiger partial charge in [-0.25, -0.2) is 0 Å². The van der Waals surface area contributed by atoms with Gasteiger partial charge in [0.05, 0.1) is 25.2 Å². The van der Waals surface area contributed by atoms with Gasteiger partial charge in [0.15, 0.2) is 0 Å². The summed E-state index contributed by atoms with van der Waals surface area (Å²) in [5.41, 5.74) is 0. The Morgan fingerprint density at radius 3 is 2.54 bits per heavy atom. The fraction of sp³-hybridized carbons (Fsp3) is 0.636. The third-order valence-electron chi connectivity index (χ3n) is 1.81. The zero-order valence-corrected chi connectivity index (χ0v) is 8.50. The fourth-order valence-electron chi connectivity index (χ4n) is 1.22. The van der Waals surface area contributed by atoms with Crippen LogP contribution in [0.25, 0.3) is 0 Å². The molecule has 0 aliphatic heterocycles. The van der Waals surface area contributed by atoms with Gasteiger partial charge in [-0.3, -0.25) is 0 Å². The first-order chi connectivity index (χ1) is 6.35. The number of hydrogen-bond acceptors (Lipinski definition) is 2. The second kappa shape index (κ2) is 9.17. The summed E-state index contributed by atoms with van der Waals surface area (Å²) in [6.07, 6.45) is 7.55. The monoisotopic (exact) mass is 184 g/mol. The van der Waals surface area contributed by atoms with Gasteiger partial charge in [-0.1, -0.05) is 26.5 Å². The minimum atomic E-state index is 0.302. The van der Waals surface area contributed by atoms with Crippen molar-refractivity contribution < 1.29 is 9.47 Å². The van der Waals surface area contributed by atoms with Crippen LogP contribution < -0.4 is 0 Å². The lowest BCUT2D eigenvalue weighted by Gasteiger charge is -2.14. The Kier molecular flexibility index (Phi) is 8.52. The zero-order valence-electron chi connectivity index (χ0n) is 8.50. The molecule has 0 rings (SSSR count). The average Bonchev–Trinajstić information content (AvgIpc) is 2.13. The Morgan fingerprint density at radius 1 is 1.23 bits per heavy atom. The number of hydrogen-bond donors (Lipinski definition) is 0. The Hall–Kier alpha value is -0.920. The van der Waals surface area contributed by atoms with Gasteiger partial charge in [-0.2, -0.15) is 0 Å². The Balaban J connectivity index is 3.43. The van der Waals surface area contributed by atoms with Crippen molar-refractivity contribution in [3.05, 3.63) is 25.7 Å². The van der Waals surface area contributed by atoms with Crippen LogP contribution in [0.4, 0.5) is 0 Å². The summed E-state index contributed by atoms with van der Waals surface area (Å²) in [6, 6.07) is 0. The first-order valence-electron chi connectivity index (χ1n) is 4.84. The summed E-state index contributed by atoms with van der Waals surface area (Å²) in [6.45, 7) is 9.92. The van der Waals surface area contributed by atoms with E-state index in [9.17, 15) is 0 Å². The van der Waals surface area contributed by atoms with E-state index in [1.807, 2.05) is 0 Å². The summed E-state index contributed by atoms with van der Waals surface area (Å²) >= 11 is 0. The lowest BCUT2D eigenvalue weighted by molar-refractivity contribution is 0.115. The fourth-order valence-corrected chi connectivity index (χ4v) is 1.22. The third-order valence-corrected chi connectivity index (χ3v) is 1.81. The van der Waals surface area contributed by atoms with Gasteiger partial charge in [0.1, 0.15) is 0 Å². The molecule has 2 heteroatoms. The van der Waals surface area contributed by atoms with Gasteiger partial charge < -0.3 is 9.47 Å². The standard InChI is InChI=1S/C11H20O2/c1-4-8-11(13-6-3)9-7-10-12-5-2/h5-6,11H,2-4,7-10H2,1H3. The van der Waals surface area contributed by atoms with Crippen LogP contribution in [-0.2, 0) is 9.47 Å². The molecule has 0 heterocycles. The molecule has 0 saturated carbocycles. The van der Waals surface area contributed by atoms with E-state index in [1.54, 1.807) is 0 Å². The Labute approximate surface area is 81.2 Å². The van der Waals surface area contributed by atoms with Gasteiger partial charge in [0.2, 0.25) is 0 Å². The molecule has 0 aliphatic carbocycles. The van der Waals surface area contributed by atoms with E-state index in [0.717, 1.165) is 32.3 Å². The molecule has 0 radical (unpaired) electrons.